The molecule has 0 aliphatic carbocycles. The van der Waals surface area contributed by atoms with Crippen LogP contribution in [0.3, 0.4) is 0 Å². The van der Waals surface area contributed by atoms with Gasteiger partial charge < -0.3 is 150 Å². The fourth-order valence-electron chi connectivity index (χ4n) is 14.3. The number of likely N-dealkylation sites (tertiary alicyclic amines) is 1. The third kappa shape index (κ3) is 34.0. The molecule has 7 heterocycles. The number of hydrogen-bond acceptors (Lipinski definition) is 40. The zero-order valence-corrected chi connectivity index (χ0v) is 73.1. The molecule has 5 saturated heterocycles. The van der Waals surface area contributed by atoms with Gasteiger partial charge in [-0.05, 0) is 19.3 Å². The van der Waals surface area contributed by atoms with Crippen molar-refractivity contribution in [2.75, 3.05) is 111 Å². The zero-order chi connectivity index (χ0) is 93.5. The van der Waals surface area contributed by atoms with E-state index in [0.29, 0.717) is 0 Å². The minimum absolute atomic E-state index is 0.0361. The molecule has 5 fully saturated rings. The number of rotatable bonds is 58. The minimum atomic E-state index is -5.18. The number of aliphatic hydroxyl groups is 10. The summed E-state index contributed by atoms with van der Waals surface area (Å²) in [7, 11) is -9.43. The van der Waals surface area contributed by atoms with Gasteiger partial charge in [0.2, 0.25) is 35.4 Å². The molecule has 5 aliphatic rings. The predicted octanol–water partition coefficient (Wildman–Crippen LogP) is -5.63. The van der Waals surface area contributed by atoms with Gasteiger partial charge in [-0.2, -0.15) is 0 Å². The molecule has 7 rings (SSSR count). The fraction of sp³-hybridized carbons (Fsp3) is 0.789. The number of amides is 6. The Hall–Kier alpha value is -7.02. The number of hydrogen-bond donors (Lipinski definition) is 18. The summed E-state index contributed by atoms with van der Waals surface area (Å²) in [6, 6.07) is -4.89. The molecule has 0 saturated carbocycles. The second kappa shape index (κ2) is 52.3. The fourth-order valence-corrected chi connectivity index (χ4v) is 15.9. The number of ether oxygens (including phenoxy) is 10. The van der Waals surface area contributed by atoms with E-state index in [0.717, 1.165) is 25.7 Å². The van der Waals surface area contributed by atoms with E-state index < -0.39 is 256 Å². The van der Waals surface area contributed by atoms with Gasteiger partial charge >= 0.3 is 15.4 Å². The van der Waals surface area contributed by atoms with Crippen LogP contribution in [0.4, 0.5) is 5.82 Å². The highest BCUT2D eigenvalue weighted by Crippen LogP contribution is 2.52. The number of nitrogen functional groups attached to an aromatic ring is 1. The Balaban J connectivity index is 1.01. The van der Waals surface area contributed by atoms with Gasteiger partial charge in [0.25, 0.3) is 0 Å². The van der Waals surface area contributed by atoms with E-state index in [1.807, 2.05) is 0 Å². The lowest BCUT2D eigenvalue weighted by molar-refractivity contribution is -0.269. The molecule has 0 aromatic carbocycles. The molecule has 720 valence electrons. The summed E-state index contributed by atoms with van der Waals surface area (Å²) in [5.41, 5.74) is 3.74. The monoisotopic (exact) mass is 1860 g/mol. The Labute approximate surface area is 730 Å². The lowest BCUT2D eigenvalue weighted by Crippen LogP contribution is -2.64. The van der Waals surface area contributed by atoms with Crippen LogP contribution in [-0.2, 0) is 123 Å². The number of imidazole rings is 1. The van der Waals surface area contributed by atoms with E-state index in [-0.39, 0.29) is 189 Å². The first-order valence-corrected chi connectivity index (χ1v) is 44.9. The van der Waals surface area contributed by atoms with Crippen LogP contribution in [0.1, 0.15) is 150 Å². The smallest absolute Gasteiger partial charge is 0.394 e. The molecule has 19 N–H and O–H groups in total. The number of nitrogens with zero attached hydrogens (tertiary/aromatic N) is 5. The molecule has 0 spiro atoms. The number of ketones is 5. The van der Waals surface area contributed by atoms with Crippen molar-refractivity contribution >= 4 is 96.8 Å². The van der Waals surface area contributed by atoms with Gasteiger partial charge in [-0.25, -0.2) is 19.5 Å². The van der Waals surface area contributed by atoms with Gasteiger partial charge in [-0.3, -0.25) is 70.9 Å². The Morgan fingerprint density at radius 1 is 0.528 bits per heavy atom. The predicted molar refractivity (Wildman–Crippen MR) is 431 cm³/mol. The Bertz CT molecular complexity index is 3800. The van der Waals surface area contributed by atoms with E-state index in [9.17, 15) is 123 Å². The van der Waals surface area contributed by atoms with E-state index >= 15 is 0 Å². The van der Waals surface area contributed by atoms with Crippen molar-refractivity contribution in [3.8, 4) is 0 Å². The Morgan fingerprint density at radius 2 is 0.969 bits per heavy atom. The van der Waals surface area contributed by atoms with Crippen LogP contribution in [0.5, 0.6) is 0 Å². The van der Waals surface area contributed by atoms with E-state index in [2.05, 4.69) is 41.5 Å². The molecule has 0 radical (unpaired) electrons. The number of phosphoric ester groups is 1. The van der Waals surface area contributed by atoms with Crippen LogP contribution < -0.4 is 32.3 Å². The summed E-state index contributed by atoms with van der Waals surface area (Å²) in [5, 5.41) is 115. The van der Waals surface area contributed by atoms with Crippen LogP contribution in [0.15, 0.2) is 12.7 Å². The molecule has 51 heteroatoms. The van der Waals surface area contributed by atoms with Crippen molar-refractivity contribution in [3.63, 3.8) is 0 Å². The second-order valence-electron chi connectivity index (χ2n) is 31.8. The van der Waals surface area contributed by atoms with Gasteiger partial charge in [0.1, 0.15) is 138 Å². The van der Waals surface area contributed by atoms with Crippen LogP contribution in [0.25, 0.3) is 11.2 Å². The molecular weight excluding hydrogens is 1740 g/mol. The summed E-state index contributed by atoms with van der Waals surface area (Å²) in [6.45, 7) is -1.14. The number of phosphoric acid groups is 1. The van der Waals surface area contributed by atoms with Gasteiger partial charge in [-0.1, -0.05) is 13.8 Å². The summed E-state index contributed by atoms with van der Waals surface area (Å²) in [4.78, 5) is 179. The van der Waals surface area contributed by atoms with Crippen molar-refractivity contribution in [1.29, 1.82) is 0 Å². The van der Waals surface area contributed by atoms with Gasteiger partial charge in [-0.15, -0.1) is 0 Å². The average molecular weight is 1860 g/mol. The first-order chi connectivity index (χ1) is 60.2. The number of nitrogens with one attached hydrogen (secondary N) is 5. The number of β-amino-alcohol motifs (C(OH)–C–C–N with tert-alkyl or cyclic N) is 1. The maximum absolute atomic E-state index is 14.5. The maximum atomic E-state index is 14.5. The van der Waals surface area contributed by atoms with Crippen molar-refractivity contribution in [3.05, 3.63) is 12.7 Å². The summed E-state index contributed by atoms with van der Waals surface area (Å²) >= 11 is 0. The number of fused-ring (bicyclic) bond motifs is 1. The van der Waals surface area contributed by atoms with E-state index in [1.54, 1.807) is 0 Å². The highest BCUT2D eigenvalue weighted by Gasteiger charge is 2.50. The second-order valence-corrected chi connectivity index (χ2v) is 35.6. The molecule has 2 aromatic heterocycles. The first kappa shape index (κ1) is 107. The molecule has 22 atom stereocenters. The van der Waals surface area contributed by atoms with E-state index in [1.165, 1.54) is 31.1 Å². The topological polar surface area (TPSA) is 718 Å². The largest absolute Gasteiger partial charge is 0.472 e. The SMILES string of the molecule is CC(=O)NC1[C@H](OCCC(=O)CCCC(=O)CCOCC(COCCC(=O)CCCC(=O)CCO[C@@H]2OC(CO)[C@H](O)[C@H](O)C2NC(C)=O)(COCCC(=O)NCCC(=O)CCO[C@@H]2OC(CO)[C@H](O)[C@H](O)C2NC(C)=O)NC(=O)CCC(=O)N2C[C@H](O)C[C@H]2COP(=O)(O)O[C@H]2C[C@H](n3cnc4c(N)ncnc43)O[C@@H]2COP(=O)(O)C(C)C)OC(CO)[C@H](O)[C@@H]1O. The Kier molecular flexibility index (Phi) is 44.1. The normalized spacial score (nSPS) is 28.2. The number of aliphatic hydroxyl groups excluding tert-OH is 10. The number of anilines is 1. The lowest BCUT2D eigenvalue weighted by Gasteiger charge is -2.42. The average Bonchev–Trinajstić information content (AvgIpc) is 1.67. The molecule has 2 aromatic rings. The third-order valence-electron chi connectivity index (χ3n) is 21.3. The lowest BCUT2D eigenvalue weighted by atomic mass is 9.97. The van der Waals surface area contributed by atoms with Crippen LogP contribution in [0.2, 0.25) is 0 Å². The number of carbonyl (C=O) groups is 11. The third-order valence-corrected chi connectivity index (χ3v) is 24.1. The first-order valence-electron chi connectivity index (χ1n) is 41.8. The van der Waals surface area contributed by atoms with E-state index in [4.69, 9.17) is 66.7 Å². The van der Waals surface area contributed by atoms with Crippen LogP contribution in [0, 0.1) is 0 Å². The highest BCUT2D eigenvalue weighted by atomic mass is 31.2. The number of aromatic nitrogens is 4. The van der Waals surface area contributed by atoms with Gasteiger partial charge in [0.05, 0.1) is 117 Å². The van der Waals surface area contributed by atoms with Gasteiger partial charge in [0, 0.05) is 124 Å². The molecule has 127 heavy (non-hydrogen) atoms. The zero-order valence-electron chi connectivity index (χ0n) is 71.3. The van der Waals surface area contributed by atoms with Crippen molar-refractivity contribution < 1.29 is 184 Å². The number of Topliss-reactive ketones (excluding diaryl/α,β-unsaturated/α-hetero) is 5. The summed E-state index contributed by atoms with van der Waals surface area (Å²) in [6.07, 6.45) is -23.5. The molecule has 0 bridgehead atoms. The molecule has 49 nitrogen and oxygen atoms in total. The van der Waals surface area contributed by atoms with Crippen molar-refractivity contribution in [2.45, 2.75) is 277 Å². The molecule has 6 amide bonds. The summed E-state index contributed by atoms with van der Waals surface area (Å²) < 4.78 is 103. The van der Waals surface area contributed by atoms with Crippen LogP contribution in [-0.4, -0.2) is 383 Å². The van der Waals surface area contributed by atoms with Crippen molar-refractivity contribution in [2.24, 2.45) is 0 Å². The van der Waals surface area contributed by atoms with Crippen LogP contribution >= 0.6 is 15.4 Å². The highest BCUT2D eigenvalue weighted by molar-refractivity contribution is 7.53. The maximum Gasteiger partial charge on any atom is 0.472 e. The molecule has 8 unspecified atom stereocenters. The Morgan fingerprint density at radius 3 is 1.41 bits per heavy atom. The minimum Gasteiger partial charge on any atom is -0.394 e. The van der Waals surface area contributed by atoms with Crippen molar-refractivity contribution in [1.82, 2.24) is 51.0 Å². The summed E-state index contributed by atoms with van der Waals surface area (Å²) in [5.74, 6) is -5.87. The number of carbonyl (C=O) groups excluding carboxylic acids is 11. The number of nitrogens with two attached hydrogens (primary N) is 1. The standard InChI is InChI=1S/C76H123N11O38P2/c1-41(2)126(109,110)119-35-56-52(29-60(121-56)87-40-81-64-71(77)79-39-80-72(64)87)125-127(111,112)120-34-45-28-51(99)30-86(45)59(102)13-12-58(101)85-76(36-113-22-15-46(94)8-6-10-48(96)17-25-116-73-61(82-42(3)91)68(106)65(103)53(31-88)122-73,37-114-23-16-47(95)9-7-11-49(97)18-26-117-74-62(83-43(4)92)69(107)66(104)54(32-89)123-74)38-115-24-20-57(100)78-21-14-50(98)19-27-118-75-63(84-44(5)93)70(108)67(105)55(33-90)124-75/h39-41,45,51-56,60-63,65-70,73-75,88-90,99,103-108H,6-38H2,1-5H3,(H,78,100)(H,82,91)(H,83,92)(H,84,93)(H,85,101)(H,109,110)(H,111,112)(H2,77,79,80)/t45-,51+,52-,53?,54?,55?,56+,60+,61?,62?,63?,65-,66-,67-,68+,69+,70+,73+,74+,75+,76?/m0/s1. The molecule has 5 aliphatic heterocycles. The molecular formula is C76H123N11O38P2. The van der Waals surface area contributed by atoms with Gasteiger partial charge in [0.15, 0.2) is 30.3 Å². The quantitative estimate of drug-likeness (QED) is 0.0217.